The molecule has 0 saturated heterocycles. The van der Waals surface area contributed by atoms with Gasteiger partial charge in [-0.3, -0.25) is 9.59 Å². The number of ketones is 1. The summed E-state index contributed by atoms with van der Waals surface area (Å²) in [6.45, 7) is 2.24. The van der Waals surface area contributed by atoms with Gasteiger partial charge in [0.15, 0.2) is 0 Å². The predicted octanol–water partition coefficient (Wildman–Crippen LogP) is 1.83. The third kappa shape index (κ3) is 2.63. The van der Waals surface area contributed by atoms with E-state index in [1.807, 2.05) is 0 Å². The number of rotatable bonds is 3. The van der Waals surface area contributed by atoms with Gasteiger partial charge in [0.05, 0.1) is 8.66 Å². The molecule has 0 radical (unpaired) electrons. The fourth-order valence-corrected chi connectivity index (χ4v) is 2.11. The number of likely N-dealkylation sites (N-methyl/N-ethyl adjacent to an activating group) is 1. The number of hydrogen-bond acceptors (Lipinski definition) is 3. The van der Waals surface area contributed by atoms with E-state index in [1.165, 1.54) is 11.3 Å². The third-order valence-electron chi connectivity index (χ3n) is 1.34. The largest absolute Gasteiger partial charge is 0.349 e. The van der Waals surface area contributed by atoms with Crippen LogP contribution in [-0.4, -0.2) is 18.2 Å². The fraction of sp³-hybridized carbons (Fsp3) is 0.250. The van der Waals surface area contributed by atoms with Crippen LogP contribution in [0.3, 0.4) is 0 Å². The van der Waals surface area contributed by atoms with Gasteiger partial charge in [0, 0.05) is 6.54 Å². The Morgan fingerprint density at radius 1 is 1.54 bits per heavy atom. The molecular weight excluding hydrogens is 254 g/mol. The Balaban J connectivity index is 2.73. The van der Waals surface area contributed by atoms with Gasteiger partial charge in [0.25, 0.3) is 11.7 Å². The van der Waals surface area contributed by atoms with Gasteiger partial charge in [-0.1, -0.05) is 0 Å². The van der Waals surface area contributed by atoms with Crippen molar-refractivity contribution in [3.8, 4) is 0 Å². The molecule has 5 heteroatoms. The van der Waals surface area contributed by atoms with Gasteiger partial charge < -0.3 is 5.32 Å². The molecule has 1 heterocycles. The van der Waals surface area contributed by atoms with Crippen molar-refractivity contribution in [2.75, 3.05) is 6.54 Å². The number of amides is 1. The number of nitrogens with one attached hydrogen (secondary N) is 1. The summed E-state index contributed by atoms with van der Waals surface area (Å²) in [6.07, 6.45) is 0. The number of thiophene rings is 1. The van der Waals surface area contributed by atoms with Crippen molar-refractivity contribution in [2.45, 2.75) is 6.92 Å². The molecule has 1 N–H and O–H groups in total. The van der Waals surface area contributed by atoms with Crippen LogP contribution in [0.2, 0.25) is 0 Å². The Labute approximate surface area is 88.3 Å². The van der Waals surface area contributed by atoms with Crippen LogP contribution in [0.25, 0.3) is 0 Å². The monoisotopic (exact) mass is 261 g/mol. The van der Waals surface area contributed by atoms with Crippen molar-refractivity contribution >= 4 is 39.0 Å². The van der Waals surface area contributed by atoms with Crippen LogP contribution >= 0.6 is 27.3 Å². The first-order valence-corrected chi connectivity index (χ1v) is 5.34. The van der Waals surface area contributed by atoms with Gasteiger partial charge >= 0.3 is 0 Å². The molecule has 0 unspecified atom stereocenters. The van der Waals surface area contributed by atoms with Crippen LogP contribution in [-0.2, 0) is 4.79 Å². The summed E-state index contributed by atoms with van der Waals surface area (Å²) in [5, 5.41) is 2.46. The minimum absolute atomic E-state index is 0.456. The second kappa shape index (κ2) is 4.53. The van der Waals surface area contributed by atoms with E-state index in [4.69, 9.17) is 0 Å². The second-order valence-electron chi connectivity index (χ2n) is 2.29. The standard InChI is InChI=1S/C8H8BrNO2S/c1-2-10-8(12)7(11)5-3-4-6(9)13-5/h3-4H,2H2,1H3,(H,10,12). The summed E-state index contributed by atoms with van der Waals surface area (Å²) in [7, 11) is 0. The molecule has 1 aromatic rings. The lowest BCUT2D eigenvalue weighted by Gasteiger charge is -1.97. The Morgan fingerprint density at radius 2 is 2.23 bits per heavy atom. The van der Waals surface area contributed by atoms with Crippen molar-refractivity contribution in [3.63, 3.8) is 0 Å². The molecule has 1 rings (SSSR count). The van der Waals surface area contributed by atoms with Crippen molar-refractivity contribution < 1.29 is 9.59 Å². The lowest BCUT2D eigenvalue weighted by Crippen LogP contribution is -2.30. The van der Waals surface area contributed by atoms with Crippen LogP contribution < -0.4 is 5.32 Å². The van der Waals surface area contributed by atoms with E-state index in [2.05, 4.69) is 21.2 Å². The molecule has 0 saturated carbocycles. The number of halogens is 1. The molecule has 0 atom stereocenters. The average Bonchev–Trinajstić information content (AvgIpc) is 2.51. The Bertz CT molecular complexity index is 335. The Morgan fingerprint density at radius 3 is 2.69 bits per heavy atom. The molecule has 0 aromatic carbocycles. The van der Waals surface area contributed by atoms with E-state index >= 15 is 0 Å². The maximum atomic E-state index is 11.3. The normalized spacial score (nSPS) is 9.69. The maximum Gasteiger partial charge on any atom is 0.293 e. The van der Waals surface area contributed by atoms with E-state index in [0.29, 0.717) is 11.4 Å². The lowest BCUT2D eigenvalue weighted by molar-refractivity contribution is -0.116. The Kier molecular flexibility index (Phi) is 3.62. The molecule has 1 amide bonds. The van der Waals surface area contributed by atoms with Gasteiger partial charge in [-0.25, -0.2) is 0 Å². The third-order valence-corrected chi connectivity index (χ3v) is 2.96. The summed E-state index contributed by atoms with van der Waals surface area (Å²) < 4.78 is 0.847. The fourth-order valence-electron chi connectivity index (χ4n) is 0.789. The first-order valence-electron chi connectivity index (χ1n) is 3.73. The van der Waals surface area contributed by atoms with Crippen molar-refractivity contribution in [1.82, 2.24) is 5.32 Å². The highest BCUT2D eigenvalue weighted by atomic mass is 79.9. The molecule has 0 spiro atoms. The van der Waals surface area contributed by atoms with E-state index in [1.54, 1.807) is 19.1 Å². The van der Waals surface area contributed by atoms with E-state index in [9.17, 15) is 9.59 Å². The number of carbonyl (C=O) groups is 2. The van der Waals surface area contributed by atoms with Gasteiger partial charge in [0.2, 0.25) is 0 Å². The zero-order valence-corrected chi connectivity index (χ0v) is 9.37. The zero-order valence-electron chi connectivity index (χ0n) is 6.96. The van der Waals surface area contributed by atoms with Crippen LogP contribution in [0.1, 0.15) is 16.6 Å². The molecule has 1 aromatic heterocycles. The molecule has 0 fully saturated rings. The Hall–Kier alpha value is -0.680. The molecule has 0 aliphatic heterocycles. The number of carbonyl (C=O) groups excluding carboxylic acids is 2. The van der Waals surface area contributed by atoms with E-state index in [0.717, 1.165) is 3.79 Å². The first-order chi connectivity index (χ1) is 6.15. The van der Waals surface area contributed by atoms with Crippen LogP contribution in [0.4, 0.5) is 0 Å². The van der Waals surface area contributed by atoms with Crippen LogP contribution in [0.5, 0.6) is 0 Å². The molecule has 0 aliphatic rings. The summed E-state index contributed by atoms with van der Waals surface area (Å²) in [5.74, 6) is -1.02. The quantitative estimate of drug-likeness (QED) is 0.667. The van der Waals surface area contributed by atoms with Gasteiger partial charge in [-0.05, 0) is 35.0 Å². The highest BCUT2D eigenvalue weighted by Crippen LogP contribution is 2.22. The summed E-state index contributed by atoms with van der Waals surface area (Å²) >= 11 is 4.48. The maximum absolute atomic E-state index is 11.3. The SMILES string of the molecule is CCNC(=O)C(=O)c1ccc(Br)s1. The zero-order chi connectivity index (χ0) is 9.84. The molecule has 3 nitrogen and oxygen atoms in total. The molecule has 0 bridgehead atoms. The molecule has 0 aliphatic carbocycles. The smallest absolute Gasteiger partial charge is 0.293 e. The van der Waals surface area contributed by atoms with Crippen molar-refractivity contribution in [1.29, 1.82) is 0 Å². The lowest BCUT2D eigenvalue weighted by atomic mass is 10.3. The minimum Gasteiger partial charge on any atom is -0.349 e. The summed E-state index contributed by atoms with van der Waals surface area (Å²) in [6, 6.07) is 3.38. The van der Waals surface area contributed by atoms with E-state index < -0.39 is 11.7 Å². The predicted molar refractivity (Wildman–Crippen MR) is 55.0 cm³/mol. The number of hydrogen-bond donors (Lipinski definition) is 1. The van der Waals surface area contributed by atoms with Crippen molar-refractivity contribution in [3.05, 3.63) is 20.8 Å². The molecular formula is C8H8BrNO2S. The second-order valence-corrected chi connectivity index (χ2v) is 4.76. The topological polar surface area (TPSA) is 46.2 Å². The average molecular weight is 262 g/mol. The number of Topliss-reactive ketones (excluding diaryl/α,β-unsaturated/α-hetero) is 1. The van der Waals surface area contributed by atoms with Gasteiger partial charge in [-0.2, -0.15) is 0 Å². The first kappa shape index (κ1) is 10.4. The van der Waals surface area contributed by atoms with Crippen LogP contribution in [0.15, 0.2) is 15.9 Å². The van der Waals surface area contributed by atoms with Crippen molar-refractivity contribution in [2.24, 2.45) is 0 Å². The molecule has 70 valence electrons. The highest BCUT2D eigenvalue weighted by molar-refractivity contribution is 9.11. The highest BCUT2D eigenvalue weighted by Gasteiger charge is 2.16. The molecule has 13 heavy (non-hydrogen) atoms. The van der Waals surface area contributed by atoms with Gasteiger partial charge in [-0.15, -0.1) is 11.3 Å². The minimum atomic E-state index is -0.545. The van der Waals surface area contributed by atoms with E-state index in [-0.39, 0.29) is 0 Å². The van der Waals surface area contributed by atoms with Crippen LogP contribution in [0, 0.1) is 0 Å². The summed E-state index contributed by atoms with van der Waals surface area (Å²) in [4.78, 5) is 22.9. The summed E-state index contributed by atoms with van der Waals surface area (Å²) in [5.41, 5.74) is 0. The van der Waals surface area contributed by atoms with Gasteiger partial charge in [0.1, 0.15) is 0 Å².